The Kier molecular flexibility index (Phi) is 4.07. The molecule has 3 aromatic carbocycles. The second-order valence-corrected chi connectivity index (χ2v) is 14.2. The lowest BCUT2D eigenvalue weighted by molar-refractivity contribution is 0.496. The Hall–Kier alpha value is -1.87. The number of hydrogen-bond acceptors (Lipinski definition) is 3. The second-order valence-electron chi connectivity index (χ2n) is 6.44. The van der Waals surface area contributed by atoms with Gasteiger partial charge in [0.25, 0.3) is 6.49 Å². The molecule has 0 aromatic heterocycles. The zero-order valence-corrected chi connectivity index (χ0v) is 16.9. The van der Waals surface area contributed by atoms with Crippen LogP contribution in [0.5, 0.6) is 11.5 Å². The van der Waals surface area contributed by atoms with Crippen molar-refractivity contribution in [1.82, 2.24) is 0 Å². The molecule has 25 heavy (non-hydrogen) atoms. The Morgan fingerprint density at radius 1 is 0.720 bits per heavy atom. The maximum absolute atomic E-state index is 6.24. The highest BCUT2D eigenvalue weighted by Crippen LogP contribution is 2.46. The first kappa shape index (κ1) is 16.6. The van der Waals surface area contributed by atoms with Crippen molar-refractivity contribution in [1.29, 1.82) is 0 Å². The summed E-state index contributed by atoms with van der Waals surface area (Å²) in [6, 6.07) is 27.3. The minimum absolute atomic E-state index is 0.862. The molecule has 0 bridgehead atoms. The van der Waals surface area contributed by atoms with Gasteiger partial charge in [-0.15, -0.1) is 0 Å². The van der Waals surface area contributed by atoms with Crippen LogP contribution in [0.15, 0.2) is 78.9 Å². The van der Waals surface area contributed by atoms with Crippen LogP contribution < -0.4 is 24.6 Å². The van der Waals surface area contributed by atoms with Crippen LogP contribution in [0.2, 0.25) is 6.55 Å². The normalized spacial score (nSPS) is 24.7. The Bertz CT molecular complexity index is 921. The molecule has 3 aromatic rings. The molecule has 0 saturated heterocycles. The van der Waals surface area contributed by atoms with Crippen molar-refractivity contribution in [2.24, 2.45) is 0 Å². The van der Waals surface area contributed by atoms with Crippen LogP contribution in [0.25, 0.3) is 0 Å². The van der Waals surface area contributed by atoms with Gasteiger partial charge in [-0.3, -0.25) is 0 Å². The van der Waals surface area contributed by atoms with Crippen molar-refractivity contribution in [3.8, 4) is 11.5 Å². The fourth-order valence-corrected chi connectivity index (χ4v) is 9.13. The molecule has 5 heteroatoms. The first-order chi connectivity index (χ1) is 12.0. The van der Waals surface area contributed by atoms with Gasteiger partial charge in [-0.25, -0.2) is 0 Å². The van der Waals surface area contributed by atoms with E-state index in [0.29, 0.717) is 0 Å². The van der Waals surface area contributed by atoms with E-state index in [1.165, 1.54) is 15.6 Å². The van der Waals surface area contributed by atoms with E-state index in [9.17, 15) is 0 Å². The molecule has 1 aliphatic heterocycles. The molecule has 1 heterocycles. The third kappa shape index (κ3) is 2.85. The van der Waals surface area contributed by atoms with Gasteiger partial charge in [0.05, 0.1) is 0 Å². The predicted molar refractivity (Wildman–Crippen MR) is 111 cm³/mol. The Morgan fingerprint density at radius 3 is 1.68 bits per heavy atom. The van der Waals surface area contributed by atoms with Crippen molar-refractivity contribution in [3.63, 3.8) is 0 Å². The standard InChI is InChI=1S/C20H19O2PSSi/c1-23(24)21-17-12-6-8-14-19(17)25(2,16-10-4-3-5-11-16)20-15-9-7-13-18(20)22-23/h3-15H,1-2H3. The van der Waals surface area contributed by atoms with Crippen molar-refractivity contribution in [2.45, 2.75) is 6.55 Å². The number of para-hydroxylation sites is 2. The molecule has 2 nitrogen and oxygen atoms in total. The van der Waals surface area contributed by atoms with Gasteiger partial charge < -0.3 is 9.05 Å². The number of hydrogen-bond donors (Lipinski definition) is 0. The molecule has 4 rings (SSSR count). The monoisotopic (exact) mass is 382 g/mol. The van der Waals surface area contributed by atoms with Crippen molar-refractivity contribution >= 4 is 41.9 Å². The van der Waals surface area contributed by atoms with Gasteiger partial charge in [-0.05, 0) is 39.5 Å². The molecule has 1 aliphatic rings. The van der Waals surface area contributed by atoms with Gasteiger partial charge >= 0.3 is 0 Å². The van der Waals surface area contributed by atoms with Crippen molar-refractivity contribution < 1.29 is 9.05 Å². The van der Waals surface area contributed by atoms with E-state index in [1.807, 2.05) is 30.9 Å². The van der Waals surface area contributed by atoms with Crippen LogP contribution in [-0.2, 0) is 11.8 Å². The second kappa shape index (κ2) is 6.13. The fourth-order valence-electron chi connectivity index (χ4n) is 3.52. The highest BCUT2D eigenvalue weighted by Gasteiger charge is 2.41. The van der Waals surface area contributed by atoms with Crippen LogP contribution in [0.4, 0.5) is 0 Å². The third-order valence-corrected chi connectivity index (χ3v) is 10.7. The summed E-state index contributed by atoms with van der Waals surface area (Å²) in [6.45, 7) is 1.84. The summed E-state index contributed by atoms with van der Waals surface area (Å²) >= 11 is 5.67. The Labute approximate surface area is 154 Å². The Balaban J connectivity index is 2.10. The largest absolute Gasteiger partial charge is 0.436 e. The first-order valence-corrected chi connectivity index (χ1v) is 13.8. The molecule has 0 N–H and O–H groups in total. The quantitative estimate of drug-likeness (QED) is 0.474. The summed E-state index contributed by atoms with van der Waals surface area (Å²) in [5, 5.41) is 3.81. The van der Waals surface area contributed by atoms with Gasteiger partial charge in [-0.1, -0.05) is 73.3 Å². The molecule has 126 valence electrons. The Morgan fingerprint density at radius 2 is 1.16 bits per heavy atom. The highest BCUT2D eigenvalue weighted by molar-refractivity contribution is 8.09. The SMILES string of the molecule is C[Si]1(c2ccccc2)c2ccccc2OP(C)(=S)Oc2ccccc21. The number of benzene rings is 3. The maximum atomic E-state index is 6.24. The lowest BCUT2D eigenvalue weighted by atomic mass is 10.3. The molecule has 0 unspecified atom stereocenters. The number of fused-ring (bicyclic) bond motifs is 2. The summed E-state index contributed by atoms with van der Waals surface area (Å²) in [4.78, 5) is 0. The molecule has 0 aliphatic carbocycles. The average molecular weight is 382 g/mol. The smallest absolute Gasteiger partial charge is 0.284 e. The molecule has 0 amide bonds. The molecule has 0 atom stereocenters. The maximum Gasteiger partial charge on any atom is 0.284 e. The van der Waals surface area contributed by atoms with Gasteiger partial charge in [0.15, 0.2) is 8.07 Å². The molecular weight excluding hydrogens is 363 g/mol. The van der Waals surface area contributed by atoms with E-state index in [1.54, 1.807) is 0 Å². The minimum Gasteiger partial charge on any atom is -0.436 e. The van der Waals surface area contributed by atoms with Crippen molar-refractivity contribution in [2.75, 3.05) is 6.66 Å². The molecule has 0 radical (unpaired) electrons. The predicted octanol–water partition coefficient (Wildman–Crippen LogP) is 3.50. The van der Waals surface area contributed by atoms with E-state index < -0.39 is 14.6 Å². The minimum atomic E-state index is -2.41. The van der Waals surface area contributed by atoms with E-state index in [-0.39, 0.29) is 0 Å². The topological polar surface area (TPSA) is 18.5 Å². The summed E-state index contributed by atoms with van der Waals surface area (Å²) in [5.74, 6) is 1.72. The average Bonchev–Trinajstić information content (AvgIpc) is 2.61. The van der Waals surface area contributed by atoms with Gasteiger partial charge in [0.2, 0.25) is 0 Å². The zero-order chi connectivity index (χ0) is 17.5. The molecule has 0 fully saturated rings. The lowest BCUT2D eigenvalue weighted by Gasteiger charge is -2.36. The van der Waals surface area contributed by atoms with Crippen LogP contribution in [0.1, 0.15) is 0 Å². The van der Waals surface area contributed by atoms with Crippen LogP contribution in [-0.4, -0.2) is 14.7 Å². The van der Waals surface area contributed by atoms with Crippen molar-refractivity contribution in [3.05, 3.63) is 78.9 Å². The molecule has 0 saturated carbocycles. The lowest BCUT2D eigenvalue weighted by Crippen LogP contribution is -2.65. The number of rotatable bonds is 1. The zero-order valence-electron chi connectivity index (χ0n) is 14.2. The third-order valence-electron chi connectivity index (χ3n) is 4.73. The van der Waals surface area contributed by atoms with E-state index in [4.69, 9.17) is 20.9 Å². The first-order valence-electron chi connectivity index (χ1n) is 8.22. The van der Waals surface area contributed by atoms with E-state index in [2.05, 4.69) is 61.1 Å². The highest BCUT2D eigenvalue weighted by atomic mass is 32.5. The molecule has 0 spiro atoms. The molecular formula is C20H19O2PSSi. The summed E-state index contributed by atoms with van der Waals surface area (Å²) in [6.07, 6.45) is 0. The van der Waals surface area contributed by atoms with E-state index >= 15 is 0 Å². The fraction of sp³-hybridized carbons (Fsp3) is 0.100. The van der Waals surface area contributed by atoms with Crippen LogP contribution in [0.3, 0.4) is 0 Å². The van der Waals surface area contributed by atoms with Crippen LogP contribution in [0, 0.1) is 0 Å². The summed E-state index contributed by atoms with van der Waals surface area (Å²) in [7, 11) is -2.28. The van der Waals surface area contributed by atoms with Crippen LogP contribution >= 0.6 is 6.49 Å². The summed E-state index contributed by atoms with van der Waals surface area (Å²) < 4.78 is 12.5. The van der Waals surface area contributed by atoms with Gasteiger partial charge in [0.1, 0.15) is 11.5 Å². The van der Waals surface area contributed by atoms with E-state index in [0.717, 1.165) is 11.5 Å². The summed E-state index contributed by atoms with van der Waals surface area (Å²) in [5.41, 5.74) is 0. The van der Waals surface area contributed by atoms with Gasteiger partial charge in [-0.2, -0.15) is 0 Å². The van der Waals surface area contributed by atoms with Gasteiger partial charge in [0, 0.05) is 6.66 Å².